The summed E-state index contributed by atoms with van der Waals surface area (Å²) in [5, 5.41) is 12.5. The minimum Gasteiger partial charge on any atom is -0.352 e. The van der Waals surface area contributed by atoms with E-state index in [0.717, 1.165) is 38.5 Å². The van der Waals surface area contributed by atoms with Gasteiger partial charge in [-0.2, -0.15) is 5.26 Å². The zero-order valence-corrected chi connectivity index (χ0v) is 12.1. The smallest absolute Gasteiger partial charge is 0.240 e. The highest BCUT2D eigenvalue weighted by Crippen LogP contribution is 2.35. The highest BCUT2D eigenvalue weighted by Gasteiger charge is 2.39. The van der Waals surface area contributed by atoms with Crippen LogP contribution < -0.4 is 5.32 Å². The van der Waals surface area contributed by atoms with Gasteiger partial charge < -0.3 is 5.32 Å². The molecule has 1 aliphatic carbocycles. The summed E-state index contributed by atoms with van der Waals surface area (Å²) in [7, 11) is -0.712. The van der Waals surface area contributed by atoms with E-state index in [-0.39, 0.29) is 11.9 Å². The van der Waals surface area contributed by atoms with Crippen molar-refractivity contribution in [1.82, 2.24) is 5.32 Å². The minimum atomic E-state index is -0.812. The quantitative estimate of drug-likeness (QED) is 0.786. The lowest BCUT2D eigenvalue weighted by molar-refractivity contribution is -0.129. The van der Waals surface area contributed by atoms with Crippen LogP contribution in [0.15, 0.2) is 0 Å². The summed E-state index contributed by atoms with van der Waals surface area (Å²) in [5.41, 5.74) is -0.812. The van der Waals surface area contributed by atoms with E-state index in [9.17, 15) is 14.3 Å². The molecular weight excluding hydrogens is 260 g/mol. The molecule has 0 aromatic carbocycles. The van der Waals surface area contributed by atoms with Gasteiger partial charge in [0.1, 0.15) is 5.41 Å². The Balaban J connectivity index is 1.96. The first kappa shape index (κ1) is 14.5. The number of amides is 1. The van der Waals surface area contributed by atoms with Crippen LogP contribution in [-0.4, -0.2) is 27.7 Å². The lowest BCUT2D eigenvalue weighted by Crippen LogP contribution is -2.47. The van der Waals surface area contributed by atoms with Gasteiger partial charge in [-0.3, -0.25) is 9.00 Å². The number of carbonyl (C=O) groups is 1. The van der Waals surface area contributed by atoms with Crippen molar-refractivity contribution in [3.8, 4) is 6.07 Å². The molecule has 2 aliphatic rings. The molecular formula is C14H22N2O2S. The number of carbonyl (C=O) groups excluding carboxylic acids is 1. The molecule has 0 radical (unpaired) electrons. The Labute approximate surface area is 117 Å². The number of nitriles is 1. The van der Waals surface area contributed by atoms with Gasteiger partial charge in [0.25, 0.3) is 0 Å². The molecule has 106 valence electrons. The fraction of sp³-hybridized carbons (Fsp3) is 0.857. The first-order valence-corrected chi connectivity index (χ1v) is 8.72. The predicted molar refractivity (Wildman–Crippen MR) is 74.8 cm³/mol. The van der Waals surface area contributed by atoms with E-state index in [2.05, 4.69) is 11.4 Å². The van der Waals surface area contributed by atoms with Crippen molar-refractivity contribution >= 4 is 16.7 Å². The van der Waals surface area contributed by atoms with Crippen LogP contribution in [0.4, 0.5) is 0 Å². The lowest BCUT2D eigenvalue weighted by Gasteiger charge is -2.29. The molecule has 19 heavy (non-hydrogen) atoms. The van der Waals surface area contributed by atoms with Crippen molar-refractivity contribution in [3.63, 3.8) is 0 Å². The third-order valence-electron chi connectivity index (χ3n) is 4.33. The van der Waals surface area contributed by atoms with E-state index in [4.69, 9.17) is 0 Å². The summed E-state index contributed by atoms with van der Waals surface area (Å²) in [5.74, 6) is 1.25. The molecule has 1 saturated heterocycles. The minimum absolute atomic E-state index is 0.0883. The topological polar surface area (TPSA) is 70.0 Å². The Bertz CT molecular complexity index is 385. The van der Waals surface area contributed by atoms with Crippen LogP contribution in [0.3, 0.4) is 0 Å². The SMILES string of the molecule is N#CC1(C(=O)NC2CCS(=O)CC2)CCCCCC1. The molecule has 1 N–H and O–H groups in total. The predicted octanol–water partition coefficient (Wildman–Crippen LogP) is 1.88. The molecule has 1 aliphatic heterocycles. The van der Waals surface area contributed by atoms with Gasteiger partial charge >= 0.3 is 0 Å². The van der Waals surface area contributed by atoms with Crippen LogP contribution in [-0.2, 0) is 15.6 Å². The van der Waals surface area contributed by atoms with E-state index in [1.807, 2.05) is 0 Å². The molecule has 0 aromatic rings. The summed E-state index contributed by atoms with van der Waals surface area (Å²) in [6.07, 6.45) is 7.12. The summed E-state index contributed by atoms with van der Waals surface area (Å²) in [6.45, 7) is 0. The molecule has 0 aromatic heterocycles. The van der Waals surface area contributed by atoms with Crippen LogP contribution in [0.25, 0.3) is 0 Å². The van der Waals surface area contributed by atoms with Gasteiger partial charge in [-0.25, -0.2) is 0 Å². The first-order chi connectivity index (χ1) is 9.16. The van der Waals surface area contributed by atoms with Crippen LogP contribution in [0.5, 0.6) is 0 Å². The number of hydrogen-bond acceptors (Lipinski definition) is 3. The Morgan fingerprint density at radius 3 is 2.26 bits per heavy atom. The van der Waals surface area contributed by atoms with Gasteiger partial charge in [-0.1, -0.05) is 25.7 Å². The van der Waals surface area contributed by atoms with Crippen molar-refractivity contribution in [2.45, 2.75) is 57.4 Å². The Morgan fingerprint density at radius 2 is 1.74 bits per heavy atom. The third-order valence-corrected chi connectivity index (χ3v) is 5.71. The van der Waals surface area contributed by atoms with Gasteiger partial charge in [0.15, 0.2) is 0 Å². The standard InChI is InChI=1S/C14H22N2O2S/c15-11-14(7-3-1-2-4-8-14)13(17)16-12-5-9-19(18)10-6-12/h12H,1-10H2,(H,16,17). The summed E-state index contributed by atoms with van der Waals surface area (Å²) in [6, 6.07) is 2.39. The van der Waals surface area contributed by atoms with Crippen molar-refractivity contribution in [3.05, 3.63) is 0 Å². The molecule has 0 unspecified atom stereocenters. The Morgan fingerprint density at radius 1 is 1.16 bits per heavy atom. The van der Waals surface area contributed by atoms with Crippen molar-refractivity contribution < 1.29 is 9.00 Å². The molecule has 0 spiro atoms. The molecule has 1 amide bonds. The second-order valence-electron chi connectivity index (χ2n) is 5.70. The van der Waals surface area contributed by atoms with Gasteiger partial charge in [0.05, 0.1) is 6.07 Å². The average molecular weight is 282 g/mol. The number of hydrogen-bond donors (Lipinski definition) is 1. The second-order valence-corrected chi connectivity index (χ2v) is 7.40. The highest BCUT2D eigenvalue weighted by molar-refractivity contribution is 7.85. The normalized spacial score (nSPS) is 30.9. The van der Waals surface area contributed by atoms with Gasteiger partial charge in [0.2, 0.25) is 5.91 Å². The number of nitrogens with one attached hydrogen (secondary N) is 1. The van der Waals surface area contributed by atoms with E-state index >= 15 is 0 Å². The molecule has 0 bridgehead atoms. The largest absolute Gasteiger partial charge is 0.352 e. The molecule has 2 rings (SSSR count). The second kappa shape index (κ2) is 6.51. The monoisotopic (exact) mass is 282 g/mol. The summed E-state index contributed by atoms with van der Waals surface area (Å²) in [4.78, 5) is 12.4. The highest BCUT2D eigenvalue weighted by atomic mass is 32.2. The first-order valence-electron chi connectivity index (χ1n) is 7.23. The van der Waals surface area contributed by atoms with Crippen LogP contribution in [0.2, 0.25) is 0 Å². The molecule has 5 heteroatoms. The zero-order valence-electron chi connectivity index (χ0n) is 11.3. The number of nitrogens with zero attached hydrogens (tertiary/aromatic N) is 1. The lowest BCUT2D eigenvalue weighted by atomic mass is 9.80. The maximum absolute atomic E-state index is 12.4. The van der Waals surface area contributed by atoms with E-state index in [1.54, 1.807) is 0 Å². The average Bonchev–Trinajstić information content (AvgIpc) is 2.67. The Hall–Kier alpha value is -0.890. The number of rotatable bonds is 2. The maximum atomic E-state index is 12.4. The summed E-state index contributed by atoms with van der Waals surface area (Å²) >= 11 is 0. The molecule has 2 fully saturated rings. The third kappa shape index (κ3) is 3.56. The van der Waals surface area contributed by atoms with Gasteiger partial charge in [-0.05, 0) is 25.7 Å². The van der Waals surface area contributed by atoms with E-state index < -0.39 is 16.2 Å². The maximum Gasteiger partial charge on any atom is 0.240 e. The van der Waals surface area contributed by atoms with Crippen LogP contribution >= 0.6 is 0 Å². The van der Waals surface area contributed by atoms with E-state index in [1.165, 1.54) is 0 Å². The van der Waals surface area contributed by atoms with Crippen LogP contribution in [0.1, 0.15) is 51.4 Å². The molecule has 0 atom stereocenters. The molecule has 1 heterocycles. The molecule has 4 nitrogen and oxygen atoms in total. The van der Waals surface area contributed by atoms with Crippen LogP contribution in [0, 0.1) is 16.7 Å². The van der Waals surface area contributed by atoms with Gasteiger partial charge in [-0.15, -0.1) is 0 Å². The fourth-order valence-electron chi connectivity index (χ4n) is 2.98. The molecule has 1 saturated carbocycles. The fourth-order valence-corrected chi connectivity index (χ4v) is 4.28. The summed E-state index contributed by atoms with van der Waals surface area (Å²) < 4.78 is 11.3. The van der Waals surface area contributed by atoms with Crippen molar-refractivity contribution in [1.29, 1.82) is 5.26 Å². The van der Waals surface area contributed by atoms with Gasteiger partial charge in [0, 0.05) is 28.3 Å². The van der Waals surface area contributed by atoms with Crippen molar-refractivity contribution in [2.24, 2.45) is 5.41 Å². The van der Waals surface area contributed by atoms with Crippen molar-refractivity contribution in [2.75, 3.05) is 11.5 Å². The Kier molecular flexibility index (Phi) is 4.98. The zero-order chi connectivity index (χ0) is 13.7. The van der Waals surface area contributed by atoms with E-state index in [0.29, 0.717) is 24.3 Å².